The second-order valence-corrected chi connectivity index (χ2v) is 6.33. The molecule has 2 aromatic rings. The van der Waals surface area contributed by atoms with E-state index >= 15 is 0 Å². The molecule has 0 saturated heterocycles. The normalized spacial score (nSPS) is 11.1. The number of aromatic hydroxyl groups is 1. The third-order valence-corrected chi connectivity index (χ3v) is 4.93. The van der Waals surface area contributed by atoms with Gasteiger partial charge in [-0.3, -0.25) is 4.31 Å². The molecule has 7 heteroatoms. The highest BCUT2D eigenvalue weighted by atomic mass is 32.2. The zero-order valence-corrected chi connectivity index (χ0v) is 12.5. The number of benzene rings is 2. The first kappa shape index (κ1) is 15.0. The standard InChI is InChI=1S/C14H16N2O4S/c1-16(10-3-5-11(17)6-4-10)21(18,19)14-8-7-12(20-2)9-13(14)15/h3-9,17H,15H2,1-2H3. The lowest BCUT2D eigenvalue weighted by atomic mass is 10.3. The zero-order valence-electron chi connectivity index (χ0n) is 11.6. The predicted octanol–water partition coefficient (Wildman–Crippen LogP) is 1.81. The first-order chi connectivity index (χ1) is 9.86. The third-order valence-electron chi connectivity index (χ3n) is 3.07. The maximum atomic E-state index is 12.6. The zero-order chi connectivity index (χ0) is 15.6. The van der Waals surface area contributed by atoms with Crippen LogP contribution < -0.4 is 14.8 Å². The van der Waals surface area contributed by atoms with E-state index < -0.39 is 10.0 Å². The fourth-order valence-electron chi connectivity index (χ4n) is 1.84. The average Bonchev–Trinajstić information content (AvgIpc) is 2.46. The monoisotopic (exact) mass is 308 g/mol. The largest absolute Gasteiger partial charge is 0.508 e. The first-order valence-electron chi connectivity index (χ1n) is 6.07. The number of hydrogen-bond donors (Lipinski definition) is 2. The van der Waals surface area contributed by atoms with E-state index in [0.717, 1.165) is 4.31 Å². The number of nitrogens with two attached hydrogens (primary N) is 1. The van der Waals surface area contributed by atoms with Gasteiger partial charge in [-0.2, -0.15) is 0 Å². The summed E-state index contributed by atoms with van der Waals surface area (Å²) in [4.78, 5) is -0.00104. The van der Waals surface area contributed by atoms with Gasteiger partial charge in [0, 0.05) is 13.1 Å². The molecule has 0 aromatic heterocycles. The van der Waals surface area contributed by atoms with E-state index in [1.165, 1.54) is 56.6 Å². The number of sulfonamides is 1. The Morgan fingerprint density at radius 3 is 2.29 bits per heavy atom. The minimum atomic E-state index is -3.79. The van der Waals surface area contributed by atoms with Crippen LogP contribution in [0.5, 0.6) is 11.5 Å². The van der Waals surface area contributed by atoms with Crippen molar-refractivity contribution < 1.29 is 18.3 Å². The molecule has 0 bridgehead atoms. The summed E-state index contributed by atoms with van der Waals surface area (Å²) in [7, 11) is -0.890. The van der Waals surface area contributed by atoms with E-state index in [1.807, 2.05) is 0 Å². The Bertz CT molecular complexity index is 742. The van der Waals surface area contributed by atoms with Crippen LogP contribution in [-0.2, 0) is 10.0 Å². The molecule has 0 aliphatic heterocycles. The molecule has 0 heterocycles. The average molecular weight is 308 g/mol. The van der Waals surface area contributed by atoms with Crippen molar-refractivity contribution in [2.24, 2.45) is 0 Å². The van der Waals surface area contributed by atoms with Gasteiger partial charge < -0.3 is 15.6 Å². The molecule has 0 atom stereocenters. The van der Waals surface area contributed by atoms with Crippen molar-refractivity contribution in [2.75, 3.05) is 24.2 Å². The summed E-state index contributed by atoms with van der Waals surface area (Å²) in [5.74, 6) is 0.548. The molecular formula is C14H16N2O4S. The molecule has 0 aliphatic carbocycles. The van der Waals surface area contributed by atoms with Gasteiger partial charge in [0.2, 0.25) is 0 Å². The van der Waals surface area contributed by atoms with Crippen LogP contribution in [0.1, 0.15) is 0 Å². The minimum absolute atomic E-state index is 0.00104. The molecule has 112 valence electrons. The van der Waals surface area contributed by atoms with Crippen LogP contribution >= 0.6 is 0 Å². The van der Waals surface area contributed by atoms with Gasteiger partial charge in [-0.05, 0) is 36.4 Å². The molecule has 6 nitrogen and oxygen atoms in total. The lowest BCUT2D eigenvalue weighted by Gasteiger charge is -2.20. The number of anilines is 2. The maximum Gasteiger partial charge on any atom is 0.266 e. The summed E-state index contributed by atoms with van der Waals surface area (Å²) in [5, 5.41) is 9.26. The van der Waals surface area contributed by atoms with Crippen molar-refractivity contribution in [2.45, 2.75) is 4.90 Å². The molecule has 21 heavy (non-hydrogen) atoms. The van der Waals surface area contributed by atoms with Crippen LogP contribution in [0.15, 0.2) is 47.4 Å². The Morgan fingerprint density at radius 2 is 1.76 bits per heavy atom. The number of phenols is 1. The maximum absolute atomic E-state index is 12.6. The Morgan fingerprint density at radius 1 is 1.14 bits per heavy atom. The van der Waals surface area contributed by atoms with Crippen LogP contribution in [0, 0.1) is 0 Å². The molecule has 0 unspecified atom stereocenters. The van der Waals surface area contributed by atoms with Crippen molar-refractivity contribution in [1.29, 1.82) is 0 Å². The molecule has 0 saturated carbocycles. The van der Waals surface area contributed by atoms with Gasteiger partial charge in [-0.25, -0.2) is 8.42 Å². The molecule has 0 radical (unpaired) electrons. The lowest BCUT2D eigenvalue weighted by Crippen LogP contribution is -2.27. The van der Waals surface area contributed by atoms with Crippen LogP contribution in [0.2, 0.25) is 0 Å². The second kappa shape index (κ2) is 5.53. The molecule has 2 rings (SSSR count). The highest BCUT2D eigenvalue weighted by Crippen LogP contribution is 2.29. The SMILES string of the molecule is COc1ccc(S(=O)(=O)N(C)c2ccc(O)cc2)c(N)c1. The summed E-state index contributed by atoms with van der Waals surface area (Å²) in [6, 6.07) is 10.2. The number of rotatable bonds is 4. The van der Waals surface area contributed by atoms with Crippen molar-refractivity contribution in [1.82, 2.24) is 0 Å². The summed E-state index contributed by atoms with van der Waals surface area (Å²) in [5.41, 5.74) is 6.33. The third kappa shape index (κ3) is 2.87. The van der Waals surface area contributed by atoms with Crippen LogP contribution in [-0.4, -0.2) is 27.7 Å². The van der Waals surface area contributed by atoms with E-state index in [0.29, 0.717) is 11.4 Å². The lowest BCUT2D eigenvalue weighted by molar-refractivity contribution is 0.414. The summed E-state index contributed by atoms with van der Waals surface area (Å²) in [6.07, 6.45) is 0. The van der Waals surface area contributed by atoms with Gasteiger partial charge in [-0.1, -0.05) is 0 Å². The Kier molecular flexibility index (Phi) is 3.95. The topological polar surface area (TPSA) is 92.9 Å². The van der Waals surface area contributed by atoms with Crippen LogP contribution in [0.25, 0.3) is 0 Å². The van der Waals surface area contributed by atoms with E-state index in [2.05, 4.69) is 0 Å². The van der Waals surface area contributed by atoms with Crippen molar-refractivity contribution in [3.63, 3.8) is 0 Å². The molecule has 0 aliphatic rings. The van der Waals surface area contributed by atoms with Crippen LogP contribution in [0.3, 0.4) is 0 Å². The van der Waals surface area contributed by atoms with Gasteiger partial charge in [0.1, 0.15) is 16.4 Å². The number of nitrogens with zero attached hydrogens (tertiary/aromatic N) is 1. The number of hydrogen-bond acceptors (Lipinski definition) is 5. The quantitative estimate of drug-likeness (QED) is 0.840. The molecule has 0 fully saturated rings. The van der Waals surface area contributed by atoms with Crippen molar-refractivity contribution in [3.05, 3.63) is 42.5 Å². The smallest absolute Gasteiger partial charge is 0.266 e. The van der Waals surface area contributed by atoms with Crippen molar-refractivity contribution >= 4 is 21.4 Å². The minimum Gasteiger partial charge on any atom is -0.508 e. The number of phenolic OH excluding ortho intramolecular Hbond substituents is 1. The Hall–Kier alpha value is -2.41. The van der Waals surface area contributed by atoms with Crippen LogP contribution in [0.4, 0.5) is 11.4 Å². The Labute approximate surface area is 123 Å². The number of methoxy groups -OCH3 is 1. The second-order valence-electron chi connectivity index (χ2n) is 4.39. The highest BCUT2D eigenvalue weighted by Gasteiger charge is 2.24. The predicted molar refractivity (Wildman–Crippen MR) is 81.1 cm³/mol. The summed E-state index contributed by atoms with van der Waals surface area (Å²) in [6.45, 7) is 0. The number of nitrogen functional groups attached to an aromatic ring is 1. The summed E-state index contributed by atoms with van der Waals surface area (Å²) < 4.78 is 31.3. The fourth-order valence-corrected chi connectivity index (χ4v) is 3.13. The van der Waals surface area contributed by atoms with Gasteiger partial charge in [0.25, 0.3) is 10.0 Å². The molecule has 0 spiro atoms. The molecule has 0 amide bonds. The highest BCUT2D eigenvalue weighted by molar-refractivity contribution is 7.93. The Balaban J connectivity index is 2.44. The molecule has 2 aromatic carbocycles. The fraction of sp³-hybridized carbons (Fsp3) is 0.143. The summed E-state index contributed by atoms with van der Waals surface area (Å²) >= 11 is 0. The van der Waals surface area contributed by atoms with Gasteiger partial charge in [-0.15, -0.1) is 0 Å². The van der Waals surface area contributed by atoms with E-state index in [9.17, 15) is 13.5 Å². The van der Waals surface area contributed by atoms with E-state index in [-0.39, 0.29) is 16.3 Å². The van der Waals surface area contributed by atoms with Gasteiger partial charge in [0.15, 0.2) is 0 Å². The molecular weight excluding hydrogens is 292 g/mol. The molecule has 3 N–H and O–H groups in total. The number of ether oxygens (including phenoxy) is 1. The van der Waals surface area contributed by atoms with Crippen molar-refractivity contribution in [3.8, 4) is 11.5 Å². The van der Waals surface area contributed by atoms with E-state index in [1.54, 1.807) is 0 Å². The van der Waals surface area contributed by atoms with Gasteiger partial charge >= 0.3 is 0 Å². The van der Waals surface area contributed by atoms with E-state index in [4.69, 9.17) is 10.5 Å². The first-order valence-corrected chi connectivity index (χ1v) is 7.51. The van der Waals surface area contributed by atoms with Gasteiger partial charge in [0.05, 0.1) is 18.5 Å².